The van der Waals surface area contributed by atoms with Crippen molar-refractivity contribution in [3.63, 3.8) is 0 Å². The number of fused-ring (bicyclic) bond motifs is 1. The maximum absolute atomic E-state index is 15.3. The number of hydrogen-bond acceptors (Lipinski definition) is 8. The summed E-state index contributed by atoms with van der Waals surface area (Å²) in [7, 11) is 3.06. The fourth-order valence-electron chi connectivity index (χ4n) is 6.56. The van der Waals surface area contributed by atoms with Gasteiger partial charge in [-0.2, -0.15) is 5.10 Å². The Balaban J connectivity index is 1.28. The standard InChI is InChI=1S/C31H35F2N7O3/c1-18-16-39(17-24(34)29(18)38(2)30(41)43-3)26-7-10-35-14-19(26)11-27-36-15-21-5-6-25(37-40(21)27)28-22(32)12-20(13-23(28)33)31(42)8-4-9-31/h5-7,10,12-15,18,24,29,42H,4,8-9,11,16-17,34H2,1-3H3/t18-,24+,29-/m0/s1. The molecule has 43 heavy (non-hydrogen) atoms. The van der Waals surface area contributed by atoms with Crippen LogP contribution in [0.1, 0.15) is 43.1 Å². The molecule has 2 fully saturated rings. The maximum Gasteiger partial charge on any atom is 0.409 e. The summed E-state index contributed by atoms with van der Waals surface area (Å²) in [6.45, 7) is 3.23. The minimum absolute atomic E-state index is 0.0616. The van der Waals surface area contributed by atoms with E-state index in [1.54, 1.807) is 47.2 Å². The number of carbonyl (C=O) groups excluding carboxylic acids is 1. The first-order valence-corrected chi connectivity index (χ1v) is 14.4. The van der Waals surface area contributed by atoms with Crippen LogP contribution < -0.4 is 10.6 Å². The monoisotopic (exact) mass is 591 g/mol. The van der Waals surface area contributed by atoms with Gasteiger partial charge in [-0.05, 0) is 61.1 Å². The number of aromatic nitrogens is 4. The van der Waals surface area contributed by atoms with E-state index >= 15 is 8.78 Å². The predicted molar refractivity (Wildman–Crippen MR) is 156 cm³/mol. The molecule has 0 radical (unpaired) electrons. The summed E-state index contributed by atoms with van der Waals surface area (Å²) in [5.41, 5.74) is 8.02. The van der Waals surface area contributed by atoms with Gasteiger partial charge >= 0.3 is 6.09 Å². The Morgan fingerprint density at radius 3 is 2.58 bits per heavy atom. The van der Waals surface area contributed by atoms with Crippen LogP contribution in [0.25, 0.3) is 16.8 Å². The first-order valence-electron chi connectivity index (χ1n) is 14.4. The van der Waals surface area contributed by atoms with Crippen LogP contribution in [-0.4, -0.2) is 75.0 Å². The molecule has 2 aliphatic rings. The van der Waals surface area contributed by atoms with E-state index in [9.17, 15) is 9.90 Å². The molecule has 1 aliphatic carbocycles. The van der Waals surface area contributed by atoms with E-state index in [2.05, 4.69) is 26.9 Å². The Morgan fingerprint density at radius 1 is 1.19 bits per heavy atom. The van der Waals surface area contributed by atoms with Gasteiger partial charge in [0.15, 0.2) is 0 Å². The van der Waals surface area contributed by atoms with Crippen LogP contribution in [0, 0.1) is 17.6 Å². The van der Waals surface area contributed by atoms with Crippen molar-refractivity contribution in [2.24, 2.45) is 11.7 Å². The third-order valence-electron chi connectivity index (χ3n) is 8.91. The number of imidazole rings is 1. The zero-order chi connectivity index (χ0) is 30.5. The summed E-state index contributed by atoms with van der Waals surface area (Å²) < 4.78 is 37.0. The van der Waals surface area contributed by atoms with Crippen LogP contribution in [0.5, 0.6) is 0 Å². The normalized spacial score (nSPS) is 21.5. The van der Waals surface area contributed by atoms with Crippen molar-refractivity contribution in [1.82, 2.24) is 24.5 Å². The van der Waals surface area contributed by atoms with Gasteiger partial charge in [-0.25, -0.2) is 23.1 Å². The average molecular weight is 592 g/mol. The van der Waals surface area contributed by atoms with E-state index in [0.717, 1.165) is 17.7 Å². The van der Waals surface area contributed by atoms with Crippen molar-refractivity contribution >= 4 is 17.3 Å². The number of amides is 1. The highest BCUT2D eigenvalue weighted by molar-refractivity contribution is 5.68. The first-order chi connectivity index (χ1) is 20.6. The van der Waals surface area contributed by atoms with Gasteiger partial charge in [0.1, 0.15) is 17.5 Å². The third-order valence-corrected chi connectivity index (χ3v) is 8.91. The second-order valence-corrected chi connectivity index (χ2v) is 11.7. The topological polar surface area (TPSA) is 122 Å². The fraction of sp³-hybridized carbons (Fsp3) is 0.419. The summed E-state index contributed by atoms with van der Waals surface area (Å²) >= 11 is 0. The Bertz CT molecular complexity index is 1640. The number of methoxy groups -OCH3 is 1. The van der Waals surface area contributed by atoms with Gasteiger partial charge < -0.3 is 25.4 Å². The molecule has 3 atom stereocenters. The molecule has 3 aromatic heterocycles. The van der Waals surface area contributed by atoms with Crippen molar-refractivity contribution in [2.75, 3.05) is 32.1 Å². The van der Waals surface area contributed by atoms with Crippen LogP contribution >= 0.6 is 0 Å². The highest BCUT2D eigenvalue weighted by Gasteiger charge is 2.39. The molecule has 1 saturated heterocycles. The number of nitrogens with two attached hydrogens (primary N) is 1. The number of nitrogens with zero attached hydrogens (tertiary/aromatic N) is 6. The summed E-state index contributed by atoms with van der Waals surface area (Å²) in [4.78, 5) is 24.8. The van der Waals surface area contributed by atoms with Crippen molar-refractivity contribution in [1.29, 1.82) is 0 Å². The van der Waals surface area contributed by atoms with Gasteiger partial charge in [-0.3, -0.25) is 4.98 Å². The first kappa shape index (κ1) is 28.9. The smallest absolute Gasteiger partial charge is 0.409 e. The molecule has 226 valence electrons. The maximum atomic E-state index is 15.3. The molecule has 3 N–H and O–H groups in total. The molecular formula is C31H35F2N7O3. The molecule has 1 amide bonds. The molecule has 1 aromatic carbocycles. The minimum atomic E-state index is -1.18. The van der Waals surface area contributed by atoms with Gasteiger partial charge in [0.05, 0.1) is 41.7 Å². The van der Waals surface area contributed by atoms with Crippen LogP contribution in [0.3, 0.4) is 0 Å². The van der Waals surface area contributed by atoms with Crippen molar-refractivity contribution in [3.05, 3.63) is 77.5 Å². The Hall–Kier alpha value is -4.16. The fourth-order valence-corrected chi connectivity index (χ4v) is 6.56. The van der Waals surface area contributed by atoms with Crippen molar-refractivity contribution < 1.29 is 23.4 Å². The van der Waals surface area contributed by atoms with E-state index in [0.29, 0.717) is 43.7 Å². The van der Waals surface area contributed by atoms with Gasteiger partial charge in [-0.15, -0.1) is 0 Å². The largest absolute Gasteiger partial charge is 0.453 e. The molecule has 1 aliphatic heterocycles. The van der Waals surface area contributed by atoms with Gasteiger partial charge in [0, 0.05) is 56.2 Å². The molecule has 1 saturated carbocycles. The summed E-state index contributed by atoms with van der Waals surface area (Å²) in [6.07, 6.45) is 6.87. The summed E-state index contributed by atoms with van der Waals surface area (Å²) in [5.74, 6) is -0.910. The van der Waals surface area contributed by atoms with Crippen LogP contribution in [0.15, 0.2) is 48.9 Å². The van der Waals surface area contributed by atoms with Gasteiger partial charge in [0.2, 0.25) is 0 Å². The number of anilines is 1. The lowest BCUT2D eigenvalue weighted by Gasteiger charge is -2.45. The van der Waals surface area contributed by atoms with E-state index < -0.39 is 23.3 Å². The Morgan fingerprint density at radius 2 is 1.93 bits per heavy atom. The van der Waals surface area contributed by atoms with Gasteiger partial charge in [-0.1, -0.05) is 6.92 Å². The molecule has 0 unspecified atom stereocenters. The number of hydrogen-bond donors (Lipinski definition) is 2. The third kappa shape index (κ3) is 5.18. The van der Waals surface area contributed by atoms with Crippen molar-refractivity contribution in [2.45, 2.75) is 50.3 Å². The molecule has 10 nitrogen and oxygen atoms in total. The molecule has 4 heterocycles. The number of pyridine rings is 1. The van der Waals surface area contributed by atoms with E-state index in [1.807, 2.05) is 6.07 Å². The molecule has 4 aromatic rings. The number of likely N-dealkylation sites (N-methyl/N-ethyl adjacent to an activating group) is 1. The van der Waals surface area contributed by atoms with Crippen molar-refractivity contribution in [3.8, 4) is 11.3 Å². The second kappa shape index (κ2) is 11.2. The predicted octanol–water partition coefficient (Wildman–Crippen LogP) is 3.88. The summed E-state index contributed by atoms with van der Waals surface area (Å²) in [6, 6.07) is 7.13. The second-order valence-electron chi connectivity index (χ2n) is 11.7. The number of aliphatic hydroxyl groups is 1. The number of rotatable bonds is 6. The van der Waals surface area contributed by atoms with E-state index in [-0.39, 0.29) is 34.8 Å². The SMILES string of the molecule is COC(=O)N(C)[C@@H]1[C@H](N)CN(c2ccncc2Cc2ncc3ccc(-c4c(F)cc(C5(O)CCC5)cc4F)nn23)C[C@@H]1C. The lowest BCUT2D eigenvalue weighted by Crippen LogP contribution is -2.62. The summed E-state index contributed by atoms with van der Waals surface area (Å²) in [5, 5.41) is 15.2. The molecule has 6 rings (SSSR count). The lowest BCUT2D eigenvalue weighted by molar-refractivity contribution is -0.0392. The number of benzene rings is 1. The quantitative estimate of drug-likeness (QED) is 0.347. The zero-order valence-electron chi connectivity index (χ0n) is 24.4. The molecule has 0 spiro atoms. The van der Waals surface area contributed by atoms with E-state index in [1.165, 1.54) is 19.2 Å². The minimum Gasteiger partial charge on any atom is -0.453 e. The number of piperidine rings is 1. The number of ether oxygens (including phenoxy) is 1. The van der Waals surface area contributed by atoms with Crippen LogP contribution in [-0.2, 0) is 16.8 Å². The van der Waals surface area contributed by atoms with Gasteiger partial charge in [0.25, 0.3) is 0 Å². The zero-order valence-corrected chi connectivity index (χ0v) is 24.4. The lowest BCUT2D eigenvalue weighted by atomic mass is 9.75. The molecule has 12 heteroatoms. The number of carbonyl (C=O) groups is 1. The molecule has 0 bridgehead atoms. The number of halogens is 2. The highest BCUT2D eigenvalue weighted by Crippen LogP contribution is 2.42. The van der Waals surface area contributed by atoms with E-state index in [4.69, 9.17) is 10.5 Å². The molecular weight excluding hydrogens is 556 g/mol. The Labute approximate surface area is 248 Å². The highest BCUT2D eigenvalue weighted by atomic mass is 19.1. The Kier molecular flexibility index (Phi) is 7.51. The van der Waals surface area contributed by atoms with Crippen LogP contribution in [0.4, 0.5) is 19.3 Å². The van der Waals surface area contributed by atoms with Crippen LogP contribution in [0.2, 0.25) is 0 Å². The average Bonchev–Trinajstić information content (AvgIpc) is 3.36.